The van der Waals surface area contributed by atoms with Gasteiger partial charge in [0.05, 0.1) is 0 Å². The Hall–Kier alpha value is -0.300. The zero-order valence-electron chi connectivity index (χ0n) is 6.82. The molecule has 10 heavy (non-hydrogen) atoms. The zero-order chi connectivity index (χ0) is 7.40. The van der Waals surface area contributed by atoms with E-state index in [1.54, 1.807) is 0 Å². The standard InChI is InChI=1S/C9H17N/c1-3-8(2)9-5-4-6-10-7-9/h9-10H,2-7H2,1H3/t9-/m1/s1. The van der Waals surface area contributed by atoms with Gasteiger partial charge in [-0.15, -0.1) is 0 Å². The van der Waals surface area contributed by atoms with Crippen molar-refractivity contribution < 1.29 is 0 Å². The van der Waals surface area contributed by atoms with Crippen LogP contribution >= 0.6 is 0 Å². The van der Waals surface area contributed by atoms with Crippen LogP contribution in [-0.2, 0) is 0 Å². The van der Waals surface area contributed by atoms with E-state index in [0.717, 1.165) is 18.9 Å². The molecule has 0 unspecified atom stereocenters. The molecule has 1 fully saturated rings. The molecule has 0 saturated carbocycles. The molecule has 1 atom stereocenters. The Kier molecular flexibility index (Phi) is 2.94. The van der Waals surface area contributed by atoms with Gasteiger partial charge >= 0.3 is 0 Å². The van der Waals surface area contributed by atoms with Crippen LogP contribution < -0.4 is 5.32 Å². The maximum absolute atomic E-state index is 4.06. The highest BCUT2D eigenvalue weighted by Crippen LogP contribution is 2.19. The summed E-state index contributed by atoms with van der Waals surface area (Å²) in [5.41, 5.74) is 1.42. The van der Waals surface area contributed by atoms with E-state index < -0.39 is 0 Å². The number of nitrogens with one attached hydrogen (secondary N) is 1. The van der Waals surface area contributed by atoms with Crippen molar-refractivity contribution in [1.82, 2.24) is 5.32 Å². The van der Waals surface area contributed by atoms with E-state index >= 15 is 0 Å². The van der Waals surface area contributed by atoms with Crippen molar-refractivity contribution in [3.8, 4) is 0 Å². The fourth-order valence-corrected chi connectivity index (χ4v) is 1.49. The third kappa shape index (κ3) is 1.84. The van der Waals surface area contributed by atoms with Gasteiger partial charge in [0.15, 0.2) is 0 Å². The summed E-state index contributed by atoms with van der Waals surface area (Å²) < 4.78 is 0. The van der Waals surface area contributed by atoms with Crippen LogP contribution in [0.4, 0.5) is 0 Å². The largest absolute Gasteiger partial charge is 0.316 e. The number of piperidine rings is 1. The second kappa shape index (κ2) is 3.77. The van der Waals surface area contributed by atoms with Crippen LogP contribution in [-0.4, -0.2) is 13.1 Å². The molecule has 0 amide bonds. The quantitative estimate of drug-likeness (QED) is 0.577. The lowest BCUT2D eigenvalue weighted by Gasteiger charge is -2.23. The van der Waals surface area contributed by atoms with Crippen LogP contribution in [0.5, 0.6) is 0 Å². The first-order chi connectivity index (χ1) is 4.84. The van der Waals surface area contributed by atoms with Crippen molar-refractivity contribution >= 4 is 0 Å². The molecule has 1 nitrogen and oxygen atoms in total. The summed E-state index contributed by atoms with van der Waals surface area (Å²) in [6, 6.07) is 0. The molecule has 1 heteroatoms. The van der Waals surface area contributed by atoms with Crippen molar-refractivity contribution in [2.24, 2.45) is 5.92 Å². The Labute approximate surface area is 63.5 Å². The summed E-state index contributed by atoms with van der Waals surface area (Å²) in [5.74, 6) is 0.763. The first-order valence-electron chi connectivity index (χ1n) is 4.23. The van der Waals surface area contributed by atoms with Crippen molar-refractivity contribution in [3.63, 3.8) is 0 Å². The van der Waals surface area contributed by atoms with Crippen LogP contribution in [0.3, 0.4) is 0 Å². The van der Waals surface area contributed by atoms with E-state index in [1.807, 2.05) is 0 Å². The monoisotopic (exact) mass is 139 g/mol. The Balaban J connectivity index is 2.31. The fourth-order valence-electron chi connectivity index (χ4n) is 1.49. The molecule has 0 aromatic heterocycles. The molecule has 1 aliphatic heterocycles. The van der Waals surface area contributed by atoms with Crippen molar-refractivity contribution in [3.05, 3.63) is 12.2 Å². The van der Waals surface area contributed by atoms with E-state index in [9.17, 15) is 0 Å². The average molecular weight is 139 g/mol. The maximum atomic E-state index is 4.06. The lowest BCUT2D eigenvalue weighted by molar-refractivity contribution is 0.417. The van der Waals surface area contributed by atoms with Gasteiger partial charge in [-0.3, -0.25) is 0 Å². The van der Waals surface area contributed by atoms with Gasteiger partial charge in [-0.25, -0.2) is 0 Å². The van der Waals surface area contributed by atoms with E-state index in [4.69, 9.17) is 0 Å². The normalized spacial score (nSPS) is 26.3. The Bertz CT molecular complexity index is 112. The summed E-state index contributed by atoms with van der Waals surface area (Å²) in [4.78, 5) is 0. The van der Waals surface area contributed by atoms with Gasteiger partial charge in [0.25, 0.3) is 0 Å². The first kappa shape index (κ1) is 7.80. The molecular formula is C9H17N. The molecule has 0 spiro atoms. The Morgan fingerprint density at radius 1 is 1.70 bits per heavy atom. The lowest BCUT2D eigenvalue weighted by Crippen LogP contribution is -2.30. The summed E-state index contributed by atoms with van der Waals surface area (Å²) in [6.07, 6.45) is 3.82. The number of hydrogen-bond donors (Lipinski definition) is 1. The van der Waals surface area contributed by atoms with Crippen LogP contribution in [0.15, 0.2) is 12.2 Å². The SMILES string of the molecule is C=C(CC)[C@@H]1CCCNC1. The average Bonchev–Trinajstić information content (AvgIpc) is 2.05. The Morgan fingerprint density at radius 2 is 2.50 bits per heavy atom. The molecule has 1 saturated heterocycles. The fraction of sp³-hybridized carbons (Fsp3) is 0.778. The van der Waals surface area contributed by atoms with Gasteiger partial charge in [0.2, 0.25) is 0 Å². The number of hydrogen-bond acceptors (Lipinski definition) is 1. The summed E-state index contributed by atoms with van der Waals surface area (Å²) in [5, 5.41) is 3.39. The molecule has 0 bridgehead atoms. The minimum absolute atomic E-state index is 0.763. The van der Waals surface area contributed by atoms with Crippen LogP contribution in [0, 0.1) is 5.92 Å². The summed E-state index contributed by atoms with van der Waals surface area (Å²) >= 11 is 0. The van der Waals surface area contributed by atoms with Crippen LogP contribution in [0.2, 0.25) is 0 Å². The van der Waals surface area contributed by atoms with E-state index in [2.05, 4.69) is 18.8 Å². The molecule has 1 rings (SSSR count). The molecule has 0 aliphatic carbocycles. The summed E-state index contributed by atoms with van der Waals surface area (Å²) in [7, 11) is 0. The predicted octanol–water partition coefficient (Wildman–Crippen LogP) is 1.95. The molecule has 1 N–H and O–H groups in total. The molecule has 1 aliphatic rings. The van der Waals surface area contributed by atoms with Crippen molar-refractivity contribution in [1.29, 1.82) is 0 Å². The van der Waals surface area contributed by atoms with Gasteiger partial charge < -0.3 is 5.32 Å². The first-order valence-corrected chi connectivity index (χ1v) is 4.23. The van der Waals surface area contributed by atoms with Gasteiger partial charge in [0, 0.05) is 6.54 Å². The van der Waals surface area contributed by atoms with Crippen LogP contribution in [0.1, 0.15) is 26.2 Å². The zero-order valence-corrected chi connectivity index (χ0v) is 6.82. The van der Waals surface area contributed by atoms with E-state index in [1.165, 1.54) is 25.0 Å². The van der Waals surface area contributed by atoms with Gasteiger partial charge in [-0.2, -0.15) is 0 Å². The minimum atomic E-state index is 0.763. The number of rotatable bonds is 2. The molecule has 0 aromatic carbocycles. The minimum Gasteiger partial charge on any atom is -0.316 e. The molecule has 0 radical (unpaired) electrons. The molecule has 1 heterocycles. The lowest BCUT2D eigenvalue weighted by atomic mass is 9.91. The van der Waals surface area contributed by atoms with E-state index in [0.29, 0.717) is 0 Å². The van der Waals surface area contributed by atoms with Crippen LogP contribution in [0.25, 0.3) is 0 Å². The second-order valence-corrected chi connectivity index (χ2v) is 3.06. The van der Waals surface area contributed by atoms with Gasteiger partial charge in [0.1, 0.15) is 0 Å². The molecule has 0 aromatic rings. The Morgan fingerprint density at radius 3 is 3.00 bits per heavy atom. The third-order valence-corrected chi connectivity index (χ3v) is 2.33. The third-order valence-electron chi connectivity index (χ3n) is 2.33. The predicted molar refractivity (Wildman–Crippen MR) is 45.0 cm³/mol. The van der Waals surface area contributed by atoms with Crippen molar-refractivity contribution in [2.75, 3.05) is 13.1 Å². The second-order valence-electron chi connectivity index (χ2n) is 3.06. The maximum Gasteiger partial charge on any atom is 0.00167 e. The highest BCUT2D eigenvalue weighted by molar-refractivity contribution is 5.01. The smallest absolute Gasteiger partial charge is 0.00167 e. The highest BCUT2D eigenvalue weighted by atomic mass is 14.9. The topological polar surface area (TPSA) is 12.0 Å². The molecular weight excluding hydrogens is 122 g/mol. The van der Waals surface area contributed by atoms with Gasteiger partial charge in [-0.1, -0.05) is 19.1 Å². The highest BCUT2D eigenvalue weighted by Gasteiger charge is 2.13. The van der Waals surface area contributed by atoms with Crippen molar-refractivity contribution in [2.45, 2.75) is 26.2 Å². The molecule has 58 valence electrons. The van der Waals surface area contributed by atoms with Gasteiger partial charge in [-0.05, 0) is 31.7 Å². The van der Waals surface area contributed by atoms with E-state index in [-0.39, 0.29) is 0 Å². The summed E-state index contributed by atoms with van der Waals surface area (Å²) in [6.45, 7) is 8.61.